The van der Waals surface area contributed by atoms with Crippen LogP contribution in [0, 0.1) is 24.6 Å². The van der Waals surface area contributed by atoms with Crippen LogP contribution in [0.1, 0.15) is 142 Å². The number of aromatic nitrogens is 2. The summed E-state index contributed by atoms with van der Waals surface area (Å²) in [5, 5.41) is 17.4. The van der Waals surface area contributed by atoms with E-state index in [0.717, 1.165) is 16.7 Å². The predicted molar refractivity (Wildman–Crippen MR) is 283 cm³/mol. The molecule has 3 aliphatic heterocycles. The number of halogens is 1. The van der Waals surface area contributed by atoms with Gasteiger partial charge in [0, 0.05) is 86.5 Å². The molecule has 1 saturated heterocycles. The van der Waals surface area contributed by atoms with Gasteiger partial charge in [-0.1, -0.05) is 50.6 Å². The van der Waals surface area contributed by atoms with Gasteiger partial charge in [-0.3, -0.25) is 48.1 Å². The Morgan fingerprint density at radius 2 is 1.67 bits per heavy atom. The summed E-state index contributed by atoms with van der Waals surface area (Å²) in [6.07, 6.45) is 3.59. The number of amides is 5. The molecule has 0 spiro atoms. The molecule has 9 rings (SSSR count). The summed E-state index contributed by atoms with van der Waals surface area (Å²) in [5.74, 6) is -5.04. The number of rotatable bonds is 25. The van der Waals surface area contributed by atoms with Gasteiger partial charge >= 0.3 is 5.97 Å². The lowest BCUT2D eigenvalue weighted by Crippen LogP contribution is -2.44. The lowest BCUT2D eigenvalue weighted by molar-refractivity contribution is -0.172. The van der Waals surface area contributed by atoms with Crippen LogP contribution in [0.2, 0.25) is 0 Å². The van der Waals surface area contributed by atoms with Gasteiger partial charge in [0.05, 0.1) is 54.8 Å². The number of nitrogens with zero attached hydrogens (tertiary/aromatic N) is 4. The number of Topliss-reactive ketones (excluding diaryl/α,β-unsaturated/α-hetero) is 3. The molecule has 1 unspecified atom stereocenters. The first-order chi connectivity index (χ1) is 37.7. The van der Waals surface area contributed by atoms with Gasteiger partial charge in [0.2, 0.25) is 23.6 Å². The number of fused-ring (bicyclic) bond motifs is 5. The third-order valence-electron chi connectivity index (χ3n) is 16.5. The highest BCUT2D eigenvalue weighted by Crippen LogP contribution is 2.49. The second kappa shape index (κ2) is 23.2. The van der Waals surface area contributed by atoms with Crippen LogP contribution < -0.4 is 16.2 Å². The minimum absolute atomic E-state index is 0.0108. The smallest absolute Gasteiger partial charge is 0.343 e. The molecule has 4 atom stereocenters. The van der Waals surface area contributed by atoms with Gasteiger partial charge in [0.1, 0.15) is 23.8 Å². The number of hydrogen-bond donors (Lipinski definition) is 3. The number of ether oxygens (including phenoxy) is 2. The number of imide groups is 1. The number of esters is 1. The molecule has 1 saturated carbocycles. The Hall–Kier alpha value is -7.32. The molecule has 5 aliphatic rings. The van der Waals surface area contributed by atoms with Crippen LogP contribution in [0.5, 0.6) is 0 Å². The van der Waals surface area contributed by atoms with Crippen molar-refractivity contribution >= 4 is 63.8 Å². The Morgan fingerprint density at radius 1 is 0.924 bits per heavy atom. The molecule has 2 aliphatic carbocycles. The summed E-state index contributed by atoms with van der Waals surface area (Å²) < 4.78 is 28.6. The average Bonchev–Trinajstić information content (AvgIpc) is 3.21. The molecule has 5 heterocycles. The molecule has 20 heteroatoms. The van der Waals surface area contributed by atoms with E-state index in [-0.39, 0.29) is 131 Å². The summed E-state index contributed by atoms with van der Waals surface area (Å²) in [6, 6.07) is 11.5. The second-order valence-electron chi connectivity index (χ2n) is 21.9. The van der Waals surface area contributed by atoms with Crippen molar-refractivity contribution in [2.45, 2.75) is 147 Å². The van der Waals surface area contributed by atoms with E-state index in [1.165, 1.54) is 15.5 Å². The molecule has 2 aromatic heterocycles. The highest BCUT2D eigenvalue weighted by atomic mass is 19.1. The SMILES string of the molecule is CC[C@@]1(O)C(=O)OCc2c1cc1n(c2=O)Cc2c-1nc1cc(F)c(C)c3c1c2[C@@H](N(C)C(=O)C1(OCCC(=O)CNC(=O)[C@@H](CC(=O)CNC(=O)CCC(=O)CCCCCN2C(=O)CC(C)C2=O)Cc2ccccc2)CC1)CC3. The van der Waals surface area contributed by atoms with E-state index in [1.54, 1.807) is 50.9 Å². The maximum Gasteiger partial charge on any atom is 0.343 e. The summed E-state index contributed by atoms with van der Waals surface area (Å²) in [4.78, 5) is 139. The topological polar surface area (TPSA) is 258 Å². The van der Waals surface area contributed by atoms with Crippen LogP contribution in [0.15, 0.2) is 47.3 Å². The van der Waals surface area contributed by atoms with Crippen molar-refractivity contribution in [1.29, 1.82) is 0 Å². The summed E-state index contributed by atoms with van der Waals surface area (Å²) in [5.41, 5.74) is 1.09. The third kappa shape index (κ3) is 11.4. The second-order valence-corrected chi connectivity index (χ2v) is 21.9. The maximum absolute atomic E-state index is 15.6. The fourth-order valence-electron chi connectivity index (χ4n) is 11.7. The van der Waals surface area contributed by atoms with E-state index in [1.807, 2.05) is 18.2 Å². The standard InChI is InChI=1S/C59H67FN6O13/c1-5-59(77)43-27-47-52-41(31-66(47)55(74)42(43)32-78-57(59)76)51-46(17-16-40-34(3)44(60)28-45(63-52)50(40)51)64(4)56(75)58(20-21-58)79-23-19-38(68)29-62-53(72)36(25-35-12-8-6-9-13-35)26-39(69)30-61-48(70)18-15-37(67)14-10-7-11-22-65-49(71)24-33(2)54(65)73/h6,8-9,12-13,27-28,33,36,46,77H,5,7,10-11,14-26,29-32H2,1-4H3,(H,61,70)(H,62,72)/t33?,36-,46+,59+/m1/s1. The van der Waals surface area contributed by atoms with Gasteiger partial charge in [0.25, 0.3) is 11.5 Å². The number of pyridine rings is 2. The van der Waals surface area contributed by atoms with Crippen LogP contribution in [0.4, 0.5) is 4.39 Å². The monoisotopic (exact) mass is 1090 g/mol. The fraction of sp³-hybridized carbons (Fsp3) is 0.508. The van der Waals surface area contributed by atoms with Crippen molar-refractivity contribution in [2.24, 2.45) is 11.8 Å². The van der Waals surface area contributed by atoms with Crippen molar-refractivity contribution < 1.29 is 62.1 Å². The largest absolute Gasteiger partial charge is 0.458 e. The van der Waals surface area contributed by atoms with Crippen molar-refractivity contribution in [3.05, 3.63) is 97.6 Å². The third-order valence-corrected chi connectivity index (χ3v) is 16.5. The fourth-order valence-corrected chi connectivity index (χ4v) is 11.7. The lowest BCUT2D eigenvalue weighted by Gasteiger charge is -2.36. The molecule has 19 nitrogen and oxygen atoms in total. The highest BCUT2D eigenvalue weighted by Gasteiger charge is 2.54. The predicted octanol–water partition coefficient (Wildman–Crippen LogP) is 4.84. The highest BCUT2D eigenvalue weighted by molar-refractivity contribution is 6.03. The number of likely N-dealkylation sites (N-methyl/N-ethyl adjacent to an activating group) is 1. The number of ketones is 3. The molecule has 5 amide bonds. The van der Waals surface area contributed by atoms with E-state index >= 15 is 4.39 Å². The molecule has 0 bridgehead atoms. The Kier molecular flexibility index (Phi) is 16.5. The number of benzene rings is 2. The van der Waals surface area contributed by atoms with E-state index in [9.17, 15) is 53.1 Å². The van der Waals surface area contributed by atoms with Crippen molar-refractivity contribution in [3.8, 4) is 11.4 Å². The zero-order valence-corrected chi connectivity index (χ0v) is 45.1. The Bertz CT molecular complexity index is 3240. The van der Waals surface area contributed by atoms with Crippen molar-refractivity contribution in [1.82, 2.24) is 30.0 Å². The molecular weight excluding hydrogens is 1020 g/mol. The number of cyclic esters (lactones) is 1. The van der Waals surface area contributed by atoms with E-state index < -0.39 is 58.1 Å². The van der Waals surface area contributed by atoms with Gasteiger partial charge in [0.15, 0.2) is 17.2 Å². The van der Waals surface area contributed by atoms with Crippen LogP contribution in [0.25, 0.3) is 22.3 Å². The van der Waals surface area contributed by atoms with Crippen LogP contribution in [0.3, 0.4) is 0 Å². The number of likely N-dealkylation sites (tertiary alicyclic amines) is 1. The van der Waals surface area contributed by atoms with Crippen LogP contribution in [-0.2, 0) is 84.2 Å². The number of aliphatic hydroxyl groups is 1. The van der Waals surface area contributed by atoms with Gasteiger partial charge in [-0.15, -0.1) is 0 Å². The van der Waals surface area contributed by atoms with Gasteiger partial charge < -0.3 is 34.7 Å². The van der Waals surface area contributed by atoms with E-state index in [4.69, 9.17) is 14.5 Å². The first-order valence-electron chi connectivity index (χ1n) is 27.5. The number of unbranched alkanes of at least 4 members (excludes halogenated alkanes) is 2. The summed E-state index contributed by atoms with van der Waals surface area (Å²) in [7, 11) is 1.68. The Labute approximate surface area is 456 Å². The van der Waals surface area contributed by atoms with Gasteiger partial charge in [-0.25, -0.2) is 14.2 Å². The van der Waals surface area contributed by atoms with Crippen molar-refractivity contribution in [3.63, 3.8) is 0 Å². The molecule has 2 fully saturated rings. The number of hydrogen-bond acceptors (Lipinski definition) is 14. The maximum atomic E-state index is 15.6. The number of aryl methyl sites for hydroxylation is 1. The molecule has 2 aromatic carbocycles. The van der Waals surface area contributed by atoms with Crippen LogP contribution in [-0.4, -0.2) is 116 Å². The minimum Gasteiger partial charge on any atom is -0.458 e. The molecular formula is C59H67FN6O13. The zero-order chi connectivity index (χ0) is 56.5. The number of carbonyl (C=O) groups excluding carboxylic acids is 9. The number of carbonyl (C=O) groups is 9. The summed E-state index contributed by atoms with van der Waals surface area (Å²) in [6.45, 7) is 4.33. The molecule has 3 N–H and O–H groups in total. The molecule has 418 valence electrons. The van der Waals surface area contributed by atoms with Crippen LogP contribution >= 0.6 is 0 Å². The van der Waals surface area contributed by atoms with Gasteiger partial charge in [-0.05, 0) is 86.6 Å². The molecule has 4 aromatic rings. The molecule has 0 radical (unpaired) electrons. The minimum atomic E-state index is -2.05. The quantitative estimate of drug-likeness (QED) is 0.0402. The average molecular weight is 1090 g/mol. The Morgan fingerprint density at radius 3 is 2.38 bits per heavy atom. The van der Waals surface area contributed by atoms with Crippen molar-refractivity contribution in [2.75, 3.05) is 33.3 Å². The summed E-state index contributed by atoms with van der Waals surface area (Å²) >= 11 is 0. The molecule has 79 heavy (non-hydrogen) atoms. The van der Waals surface area contributed by atoms with E-state index in [2.05, 4.69) is 10.6 Å². The first kappa shape index (κ1) is 56.4. The zero-order valence-electron chi connectivity index (χ0n) is 45.1. The lowest BCUT2D eigenvalue weighted by atomic mass is 9.81. The first-order valence-corrected chi connectivity index (χ1v) is 27.5. The van der Waals surface area contributed by atoms with Gasteiger partial charge in [-0.2, -0.15) is 0 Å². The Balaban J connectivity index is 0.776. The van der Waals surface area contributed by atoms with E-state index in [0.29, 0.717) is 84.9 Å². The number of nitrogens with one attached hydrogen (secondary N) is 2. The normalized spacial score (nSPS) is 19.8.